The molecule has 5 heteroatoms. The van der Waals surface area contributed by atoms with E-state index < -0.39 is 0 Å². The van der Waals surface area contributed by atoms with Crippen molar-refractivity contribution < 1.29 is 9.21 Å². The number of furan rings is 1. The van der Waals surface area contributed by atoms with Gasteiger partial charge in [0.1, 0.15) is 6.26 Å². The molecule has 1 unspecified atom stereocenters. The highest BCUT2D eigenvalue weighted by molar-refractivity contribution is 9.10. The van der Waals surface area contributed by atoms with Crippen LogP contribution < -0.4 is 5.32 Å². The number of hydrogen-bond donors (Lipinski definition) is 1. The number of benzene rings is 1. The van der Waals surface area contributed by atoms with E-state index in [0.717, 1.165) is 19.5 Å². The standard InChI is InChI=1S/C17H19BrN2O2/c1-2-12-3-5-13(6-4-12)15-10-19-7-8-20(15)17(21)14-9-16(18)22-11-14/h3-6,9,11,15,19H,2,7-8,10H2,1H3. The van der Waals surface area contributed by atoms with Crippen molar-refractivity contribution in [3.05, 3.63) is 58.0 Å². The van der Waals surface area contributed by atoms with Gasteiger partial charge < -0.3 is 14.6 Å². The first-order valence-electron chi connectivity index (χ1n) is 7.53. The van der Waals surface area contributed by atoms with Crippen molar-refractivity contribution in [2.45, 2.75) is 19.4 Å². The smallest absolute Gasteiger partial charge is 0.257 e. The van der Waals surface area contributed by atoms with E-state index in [4.69, 9.17) is 4.42 Å². The second kappa shape index (κ2) is 6.67. The number of aryl methyl sites for hydroxylation is 1. The van der Waals surface area contributed by atoms with E-state index in [-0.39, 0.29) is 11.9 Å². The van der Waals surface area contributed by atoms with Crippen molar-refractivity contribution >= 4 is 21.8 Å². The first kappa shape index (κ1) is 15.3. The van der Waals surface area contributed by atoms with E-state index >= 15 is 0 Å². The zero-order valence-electron chi connectivity index (χ0n) is 12.5. The topological polar surface area (TPSA) is 45.5 Å². The normalized spacial score (nSPS) is 18.5. The summed E-state index contributed by atoms with van der Waals surface area (Å²) in [6.45, 7) is 4.43. The number of carbonyl (C=O) groups excluding carboxylic acids is 1. The van der Waals surface area contributed by atoms with Crippen molar-refractivity contribution in [1.82, 2.24) is 10.2 Å². The molecule has 2 heterocycles. The van der Waals surface area contributed by atoms with Crippen LogP contribution in [0.3, 0.4) is 0 Å². The molecule has 116 valence electrons. The Kier molecular flexibility index (Phi) is 4.64. The van der Waals surface area contributed by atoms with Crippen LogP contribution in [0.5, 0.6) is 0 Å². The third kappa shape index (κ3) is 3.10. The van der Waals surface area contributed by atoms with E-state index in [1.54, 1.807) is 6.07 Å². The number of piperazine rings is 1. The van der Waals surface area contributed by atoms with Gasteiger partial charge in [0.15, 0.2) is 4.67 Å². The van der Waals surface area contributed by atoms with Crippen LogP contribution in [-0.2, 0) is 6.42 Å². The SMILES string of the molecule is CCc1ccc(C2CNCCN2C(=O)c2coc(Br)c2)cc1. The third-order valence-corrected chi connectivity index (χ3v) is 4.51. The predicted molar refractivity (Wildman–Crippen MR) is 88.9 cm³/mol. The zero-order chi connectivity index (χ0) is 15.5. The Morgan fingerprint density at radius 2 is 2.18 bits per heavy atom. The van der Waals surface area contributed by atoms with Gasteiger partial charge in [0.25, 0.3) is 5.91 Å². The van der Waals surface area contributed by atoms with Gasteiger partial charge in [0, 0.05) is 25.7 Å². The number of nitrogens with zero attached hydrogens (tertiary/aromatic N) is 1. The molecule has 4 nitrogen and oxygen atoms in total. The van der Waals surface area contributed by atoms with Gasteiger partial charge in [-0.3, -0.25) is 4.79 Å². The van der Waals surface area contributed by atoms with E-state index in [1.165, 1.54) is 17.4 Å². The number of nitrogens with one attached hydrogen (secondary N) is 1. The van der Waals surface area contributed by atoms with Crippen LogP contribution in [0.1, 0.15) is 34.5 Å². The summed E-state index contributed by atoms with van der Waals surface area (Å²) >= 11 is 3.25. The number of carbonyl (C=O) groups is 1. The quantitative estimate of drug-likeness (QED) is 0.909. The molecule has 22 heavy (non-hydrogen) atoms. The van der Waals surface area contributed by atoms with Gasteiger partial charge in [-0.1, -0.05) is 31.2 Å². The molecule has 1 aromatic carbocycles. The number of halogens is 1. The molecule has 0 bridgehead atoms. The van der Waals surface area contributed by atoms with E-state index in [0.29, 0.717) is 16.8 Å². The number of amides is 1. The maximum atomic E-state index is 12.7. The fraction of sp³-hybridized carbons (Fsp3) is 0.353. The van der Waals surface area contributed by atoms with Gasteiger partial charge in [0.05, 0.1) is 11.6 Å². The molecular weight excluding hydrogens is 344 g/mol. The average Bonchev–Trinajstić information content (AvgIpc) is 3.01. The Labute approximate surface area is 138 Å². The highest BCUT2D eigenvalue weighted by Crippen LogP contribution is 2.26. The lowest BCUT2D eigenvalue weighted by atomic mass is 10.0. The van der Waals surface area contributed by atoms with Crippen LogP contribution in [0.4, 0.5) is 0 Å². The summed E-state index contributed by atoms with van der Waals surface area (Å²) in [6, 6.07) is 10.3. The lowest BCUT2D eigenvalue weighted by molar-refractivity contribution is 0.0633. The summed E-state index contributed by atoms with van der Waals surface area (Å²) in [7, 11) is 0. The van der Waals surface area contributed by atoms with Gasteiger partial charge in [-0.15, -0.1) is 0 Å². The summed E-state index contributed by atoms with van der Waals surface area (Å²) < 4.78 is 5.78. The molecule has 0 spiro atoms. The molecule has 1 amide bonds. The van der Waals surface area contributed by atoms with Crippen LogP contribution in [0.2, 0.25) is 0 Å². The minimum absolute atomic E-state index is 0.0144. The minimum atomic E-state index is 0.0144. The van der Waals surface area contributed by atoms with Crippen molar-refractivity contribution in [3.63, 3.8) is 0 Å². The summed E-state index contributed by atoms with van der Waals surface area (Å²) in [5.41, 5.74) is 3.06. The highest BCUT2D eigenvalue weighted by atomic mass is 79.9. The van der Waals surface area contributed by atoms with Crippen molar-refractivity contribution in [3.8, 4) is 0 Å². The molecule has 2 aromatic rings. The molecule has 0 saturated carbocycles. The third-order valence-electron chi connectivity index (χ3n) is 4.09. The van der Waals surface area contributed by atoms with Crippen LogP contribution >= 0.6 is 15.9 Å². The fourth-order valence-electron chi connectivity index (χ4n) is 2.81. The largest absolute Gasteiger partial charge is 0.457 e. The Morgan fingerprint density at radius 3 is 2.82 bits per heavy atom. The number of hydrogen-bond acceptors (Lipinski definition) is 3. The fourth-order valence-corrected chi connectivity index (χ4v) is 3.15. The number of rotatable bonds is 3. The Bertz CT molecular complexity index is 651. The molecular formula is C17H19BrN2O2. The van der Waals surface area contributed by atoms with Gasteiger partial charge >= 0.3 is 0 Å². The van der Waals surface area contributed by atoms with E-state index in [9.17, 15) is 4.79 Å². The van der Waals surface area contributed by atoms with Crippen LogP contribution in [0.15, 0.2) is 45.7 Å². The molecule has 0 aliphatic carbocycles. The molecule has 1 aliphatic heterocycles. The second-order valence-electron chi connectivity index (χ2n) is 5.45. The van der Waals surface area contributed by atoms with Crippen LogP contribution in [0.25, 0.3) is 0 Å². The maximum Gasteiger partial charge on any atom is 0.257 e. The van der Waals surface area contributed by atoms with Gasteiger partial charge in [-0.05, 0) is 33.5 Å². The summed E-state index contributed by atoms with van der Waals surface area (Å²) in [5, 5.41) is 3.38. The van der Waals surface area contributed by atoms with E-state index in [1.807, 2.05) is 4.90 Å². The average molecular weight is 363 g/mol. The molecule has 0 radical (unpaired) electrons. The van der Waals surface area contributed by atoms with Gasteiger partial charge in [-0.25, -0.2) is 0 Å². The Hall–Kier alpha value is -1.59. The highest BCUT2D eigenvalue weighted by Gasteiger charge is 2.29. The molecule has 1 saturated heterocycles. The van der Waals surface area contributed by atoms with Crippen molar-refractivity contribution in [2.24, 2.45) is 0 Å². The van der Waals surface area contributed by atoms with Crippen LogP contribution in [-0.4, -0.2) is 30.4 Å². The monoisotopic (exact) mass is 362 g/mol. The zero-order valence-corrected chi connectivity index (χ0v) is 14.1. The summed E-state index contributed by atoms with van der Waals surface area (Å²) in [6.07, 6.45) is 2.53. The van der Waals surface area contributed by atoms with Crippen molar-refractivity contribution in [1.29, 1.82) is 0 Å². The predicted octanol–water partition coefficient (Wildman–Crippen LogP) is 3.39. The lowest BCUT2D eigenvalue weighted by Gasteiger charge is -2.36. The van der Waals surface area contributed by atoms with Crippen LogP contribution in [0, 0.1) is 0 Å². The molecule has 1 N–H and O–H groups in total. The molecule has 1 aliphatic rings. The summed E-state index contributed by atoms with van der Waals surface area (Å²) in [5.74, 6) is 0.0144. The van der Waals surface area contributed by atoms with Crippen molar-refractivity contribution in [2.75, 3.05) is 19.6 Å². The minimum Gasteiger partial charge on any atom is -0.457 e. The molecule has 1 atom stereocenters. The maximum absolute atomic E-state index is 12.7. The van der Waals surface area contributed by atoms with Gasteiger partial charge in [-0.2, -0.15) is 0 Å². The lowest BCUT2D eigenvalue weighted by Crippen LogP contribution is -2.48. The first-order valence-corrected chi connectivity index (χ1v) is 8.33. The Balaban J connectivity index is 1.85. The Morgan fingerprint density at radius 1 is 1.41 bits per heavy atom. The molecule has 1 aromatic heterocycles. The first-order chi connectivity index (χ1) is 10.7. The molecule has 1 fully saturated rings. The summed E-state index contributed by atoms with van der Waals surface area (Å²) in [4.78, 5) is 14.7. The van der Waals surface area contributed by atoms with Gasteiger partial charge in [0.2, 0.25) is 0 Å². The van der Waals surface area contributed by atoms with E-state index in [2.05, 4.69) is 52.4 Å². The second-order valence-corrected chi connectivity index (χ2v) is 6.23. The molecule has 3 rings (SSSR count).